The fraction of sp³-hybridized carbons (Fsp3) is 0.462. The number of anilines is 1. The molecule has 108 valence electrons. The van der Waals surface area contributed by atoms with E-state index < -0.39 is 11.8 Å². The van der Waals surface area contributed by atoms with Crippen molar-refractivity contribution in [2.24, 2.45) is 0 Å². The number of urea groups is 1. The molecule has 3 amide bonds. The van der Waals surface area contributed by atoms with Crippen LogP contribution < -0.4 is 10.6 Å². The average molecular weight is 280 g/mol. The second-order valence-corrected chi connectivity index (χ2v) is 4.80. The second-order valence-electron chi connectivity index (χ2n) is 4.80. The molecule has 1 aliphatic heterocycles. The van der Waals surface area contributed by atoms with Crippen molar-refractivity contribution in [2.45, 2.75) is 25.8 Å². The van der Waals surface area contributed by atoms with Gasteiger partial charge in [0.15, 0.2) is 5.82 Å². The van der Waals surface area contributed by atoms with Gasteiger partial charge in [-0.2, -0.15) is 0 Å². The monoisotopic (exact) mass is 280 g/mol. The van der Waals surface area contributed by atoms with E-state index in [-0.39, 0.29) is 17.6 Å². The molecule has 2 heterocycles. The highest BCUT2D eigenvalue weighted by molar-refractivity contribution is 5.89. The maximum absolute atomic E-state index is 13.3. The van der Waals surface area contributed by atoms with Crippen LogP contribution in [-0.2, 0) is 4.79 Å². The predicted molar refractivity (Wildman–Crippen MR) is 71.6 cm³/mol. The summed E-state index contributed by atoms with van der Waals surface area (Å²) >= 11 is 0. The Balaban J connectivity index is 1.82. The lowest BCUT2D eigenvalue weighted by Crippen LogP contribution is -2.44. The van der Waals surface area contributed by atoms with Gasteiger partial charge < -0.3 is 15.5 Å². The molecule has 1 fully saturated rings. The molecule has 1 atom stereocenters. The lowest BCUT2D eigenvalue weighted by molar-refractivity contribution is -0.127. The van der Waals surface area contributed by atoms with Gasteiger partial charge in [-0.15, -0.1) is 0 Å². The summed E-state index contributed by atoms with van der Waals surface area (Å²) in [7, 11) is 0. The lowest BCUT2D eigenvalue weighted by Gasteiger charge is -2.21. The van der Waals surface area contributed by atoms with Crippen molar-refractivity contribution < 1.29 is 14.0 Å². The van der Waals surface area contributed by atoms with Gasteiger partial charge in [0.25, 0.3) is 0 Å². The zero-order valence-corrected chi connectivity index (χ0v) is 11.2. The van der Waals surface area contributed by atoms with E-state index in [0.717, 1.165) is 19.2 Å². The Hall–Kier alpha value is -2.18. The molecule has 0 saturated carbocycles. The number of nitrogens with zero attached hydrogens (tertiary/aromatic N) is 2. The van der Waals surface area contributed by atoms with E-state index in [1.807, 2.05) is 0 Å². The van der Waals surface area contributed by atoms with Crippen LogP contribution in [0.15, 0.2) is 18.5 Å². The first-order valence-electron chi connectivity index (χ1n) is 6.51. The highest BCUT2D eigenvalue weighted by atomic mass is 19.1. The fourth-order valence-electron chi connectivity index (χ4n) is 2.13. The molecule has 20 heavy (non-hydrogen) atoms. The van der Waals surface area contributed by atoms with E-state index in [9.17, 15) is 14.0 Å². The molecular formula is C13H17FN4O2. The molecule has 1 unspecified atom stereocenters. The summed E-state index contributed by atoms with van der Waals surface area (Å²) in [5.74, 6) is -0.482. The molecule has 1 aromatic rings. The summed E-state index contributed by atoms with van der Waals surface area (Å²) in [6, 6.07) is 0.667. The van der Waals surface area contributed by atoms with Crippen molar-refractivity contribution in [1.29, 1.82) is 0 Å². The maximum atomic E-state index is 13.3. The molecule has 6 nitrogen and oxygen atoms in total. The van der Waals surface area contributed by atoms with E-state index >= 15 is 0 Å². The summed E-state index contributed by atoms with van der Waals surface area (Å²) < 4.78 is 13.3. The van der Waals surface area contributed by atoms with Crippen molar-refractivity contribution in [3.8, 4) is 0 Å². The van der Waals surface area contributed by atoms with E-state index in [1.54, 1.807) is 11.8 Å². The molecule has 1 saturated heterocycles. The minimum absolute atomic E-state index is 0.0712. The largest absolute Gasteiger partial charge is 0.341 e. The zero-order chi connectivity index (χ0) is 14.5. The highest BCUT2D eigenvalue weighted by Gasteiger charge is 2.22. The Kier molecular flexibility index (Phi) is 4.49. The van der Waals surface area contributed by atoms with Crippen LogP contribution in [0.2, 0.25) is 0 Å². The molecule has 0 bridgehead atoms. The quantitative estimate of drug-likeness (QED) is 0.874. The number of carbonyl (C=O) groups excluding carboxylic acids is 2. The number of hydrogen-bond donors (Lipinski definition) is 2. The molecule has 2 rings (SSSR count). The van der Waals surface area contributed by atoms with E-state index in [1.165, 1.54) is 12.3 Å². The van der Waals surface area contributed by atoms with Gasteiger partial charge in [-0.25, -0.2) is 9.18 Å². The summed E-state index contributed by atoms with van der Waals surface area (Å²) in [6.45, 7) is 2.99. The number of likely N-dealkylation sites (tertiary alicyclic amines) is 1. The summed E-state index contributed by atoms with van der Waals surface area (Å²) in [5, 5.41) is 5.08. The maximum Gasteiger partial charge on any atom is 0.319 e. The number of amides is 3. The average Bonchev–Trinajstić information content (AvgIpc) is 2.77. The standard InChI is InChI=1S/C13H17FN4O2/c1-9(8-18-6-2-3-12(18)19)16-13(20)17-11-4-5-15-7-10(11)14/h4-5,7,9H,2-3,6,8H2,1H3,(H2,15,16,17,20). The highest BCUT2D eigenvalue weighted by Crippen LogP contribution is 2.11. The van der Waals surface area contributed by atoms with Gasteiger partial charge in [0.05, 0.1) is 11.9 Å². The Morgan fingerprint density at radius 3 is 3.05 bits per heavy atom. The SMILES string of the molecule is CC(CN1CCCC1=O)NC(=O)Nc1ccncc1F. The molecular weight excluding hydrogens is 263 g/mol. The summed E-state index contributed by atoms with van der Waals surface area (Å²) in [6.07, 6.45) is 3.86. The third kappa shape index (κ3) is 3.66. The Bertz CT molecular complexity index is 509. The predicted octanol–water partition coefficient (Wildman–Crippen LogP) is 1.35. The third-order valence-corrected chi connectivity index (χ3v) is 3.06. The van der Waals surface area contributed by atoms with Crippen molar-refractivity contribution in [2.75, 3.05) is 18.4 Å². The van der Waals surface area contributed by atoms with Crippen LogP contribution in [0.1, 0.15) is 19.8 Å². The molecule has 7 heteroatoms. The van der Waals surface area contributed by atoms with E-state index in [0.29, 0.717) is 13.0 Å². The van der Waals surface area contributed by atoms with Crippen LogP contribution in [0.25, 0.3) is 0 Å². The molecule has 1 aliphatic rings. The number of carbonyl (C=O) groups is 2. The first-order chi connectivity index (χ1) is 9.56. The number of hydrogen-bond acceptors (Lipinski definition) is 3. The third-order valence-electron chi connectivity index (χ3n) is 3.06. The minimum atomic E-state index is -0.593. The fourth-order valence-corrected chi connectivity index (χ4v) is 2.13. The number of rotatable bonds is 4. The van der Waals surface area contributed by atoms with Crippen molar-refractivity contribution in [3.63, 3.8) is 0 Å². The van der Waals surface area contributed by atoms with Crippen LogP contribution in [0.4, 0.5) is 14.9 Å². The van der Waals surface area contributed by atoms with Gasteiger partial charge in [-0.1, -0.05) is 0 Å². The normalized spacial score (nSPS) is 16.1. The summed E-state index contributed by atoms with van der Waals surface area (Å²) in [4.78, 5) is 28.5. The number of aromatic nitrogens is 1. The van der Waals surface area contributed by atoms with Gasteiger partial charge in [0, 0.05) is 31.7 Å². The molecule has 0 aliphatic carbocycles. The van der Waals surface area contributed by atoms with Gasteiger partial charge in [0.1, 0.15) is 0 Å². The molecule has 0 aromatic carbocycles. The number of pyridine rings is 1. The molecule has 1 aromatic heterocycles. The van der Waals surface area contributed by atoms with Crippen LogP contribution in [0.5, 0.6) is 0 Å². The number of nitrogens with one attached hydrogen (secondary N) is 2. The molecule has 2 N–H and O–H groups in total. The van der Waals surface area contributed by atoms with Gasteiger partial charge >= 0.3 is 6.03 Å². The van der Waals surface area contributed by atoms with Crippen molar-refractivity contribution >= 4 is 17.6 Å². The zero-order valence-electron chi connectivity index (χ0n) is 11.2. The topological polar surface area (TPSA) is 74.3 Å². The number of halogens is 1. The van der Waals surface area contributed by atoms with Crippen molar-refractivity contribution in [1.82, 2.24) is 15.2 Å². The van der Waals surface area contributed by atoms with Crippen molar-refractivity contribution in [3.05, 3.63) is 24.3 Å². The minimum Gasteiger partial charge on any atom is -0.341 e. The lowest BCUT2D eigenvalue weighted by atomic mass is 10.3. The first kappa shape index (κ1) is 14.2. The van der Waals surface area contributed by atoms with Crippen LogP contribution in [0.3, 0.4) is 0 Å². The smallest absolute Gasteiger partial charge is 0.319 e. The van der Waals surface area contributed by atoms with E-state index in [4.69, 9.17) is 0 Å². The Morgan fingerprint density at radius 2 is 2.40 bits per heavy atom. The Morgan fingerprint density at radius 1 is 1.60 bits per heavy atom. The Labute approximate surface area is 116 Å². The first-order valence-corrected chi connectivity index (χ1v) is 6.51. The van der Waals surface area contributed by atoms with Crippen LogP contribution in [0, 0.1) is 5.82 Å². The van der Waals surface area contributed by atoms with E-state index in [2.05, 4.69) is 15.6 Å². The van der Waals surface area contributed by atoms with Gasteiger partial charge in [-0.3, -0.25) is 9.78 Å². The van der Waals surface area contributed by atoms with Crippen LogP contribution >= 0.6 is 0 Å². The van der Waals surface area contributed by atoms with Gasteiger partial charge in [0.2, 0.25) is 5.91 Å². The molecule has 0 spiro atoms. The van der Waals surface area contributed by atoms with Crippen LogP contribution in [-0.4, -0.2) is 41.0 Å². The van der Waals surface area contributed by atoms with Gasteiger partial charge in [-0.05, 0) is 19.4 Å². The molecule has 0 radical (unpaired) electrons. The summed E-state index contributed by atoms with van der Waals surface area (Å²) in [5.41, 5.74) is 0.0712. The second kappa shape index (κ2) is 6.31.